The van der Waals surface area contributed by atoms with Gasteiger partial charge in [0.25, 0.3) is 5.69 Å². The van der Waals surface area contributed by atoms with Crippen molar-refractivity contribution < 1.29 is 14.6 Å². The first-order valence-corrected chi connectivity index (χ1v) is 11.2. The summed E-state index contributed by atoms with van der Waals surface area (Å²) in [4.78, 5) is 22.4. The minimum atomic E-state index is -0.647. The van der Waals surface area contributed by atoms with Gasteiger partial charge in [0.15, 0.2) is 0 Å². The number of aromatic nitrogens is 2. The van der Waals surface area contributed by atoms with E-state index < -0.39 is 9.85 Å². The normalized spacial score (nSPS) is 14.3. The summed E-state index contributed by atoms with van der Waals surface area (Å²) in [5, 5.41) is 27.9. The molecule has 9 nitrogen and oxygen atoms in total. The summed E-state index contributed by atoms with van der Waals surface area (Å²) in [5.41, 5.74) is 1.02. The van der Waals surface area contributed by atoms with Crippen LogP contribution in [0, 0.1) is 20.2 Å². The van der Waals surface area contributed by atoms with Gasteiger partial charge in [0, 0.05) is 23.1 Å². The van der Waals surface area contributed by atoms with Crippen LogP contribution < -0.4 is 4.74 Å². The number of ether oxygens (including phenoxy) is 1. The van der Waals surface area contributed by atoms with Crippen molar-refractivity contribution in [3.05, 3.63) is 68.9 Å². The molecule has 1 aliphatic carbocycles. The number of rotatable bonds is 7. The van der Waals surface area contributed by atoms with Crippen molar-refractivity contribution in [3.8, 4) is 22.7 Å². The Balaban J connectivity index is 1.81. The Hall–Kier alpha value is -3.40. The zero-order chi connectivity index (χ0) is 22.7. The van der Waals surface area contributed by atoms with E-state index in [1.165, 1.54) is 36.1 Å². The second kappa shape index (κ2) is 9.39. The summed E-state index contributed by atoms with van der Waals surface area (Å²) in [6.45, 7) is 0. The molecule has 1 saturated carbocycles. The van der Waals surface area contributed by atoms with E-state index in [0.717, 1.165) is 29.4 Å². The number of benzene rings is 2. The lowest BCUT2D eigenvalue weighted by Gasteiger charge is -2.20. The first-order valence-electron chi connectivity index (χ1n) is 10.3. The van der Waals surface area contributed by atoms with Crippen molar-refractivity contribution in [2.45, 2.75) is 42.2 Å². The van der Waals surface area contributed by atoms with Gasteiger partial charge in [-0.3, -0.25) is 20.2 Å². The topological polar surface area (TPSA) is 113 Å². The highest BCUT2D eigenvalue weighted by Gasteiger charge is 2.25. The van der Waals surface area contributed by atoms with Gasteiger partial charge in [0.2, 0.25) is 0 Å². The average Bonchev–Trinajstić information content (AvgIpc) is 3.22. The Morgan fingerprint density at radius 1 is 1.06 bits per heavy atom. The maximum Gasteiger partial charge on any atom is 0.301 e. The number of methoxy groups -OCH3 is 1. The van der Waals surface area contributed by atoms with Crippen molar-refractivity contribution in [1.82, 2.24) is 9.78 Å². The van der Waals surface area contributed by atoms with E-state index in [-0.39, 0.29) is 17.1 Å². The number of nitrogens with zero attached hydrogens (tertiary/aromatic N) is 4. The van der Waals surface area contributed by atoms with Gasteiger partial charge in [-0.15, -0.1) is 11.8 Å². The van der Waals surface area contributed by atoms with E-state index in [9.17, 15) is 20.2 Å². The van der Waals surface area contributed by atoms with E-state index in [2.05, 4.69) is 5.10 Å². The molecule has 0 atom stereocenters. The van der Waals surface area contributed by atoms with Crippen molar-refractivity contribution >= 4 is 23.1 Å². The second-order valence-corrected chi connectivity index (χ2v) is 8.93. The van der Waals surface area contributed by atoms with Crippen LogP contribution in [0.15, 0.2) is 53.6 Å². The van der Waals surface area contributed by atoms with Crippen molar-refractivity contribution in [1.29, 1.82) is 0 Å². The third-order valence-electron chi connectivity index (χ3n) is 5.48. The van der Waals surface area contributed by atoms with E-state index in [4.69, 9.17) is 4.74 Å². The number of hydrogen-bond acceptors (Lipinski definition) is 7. The molecule has 0 saturated heterocycles. The molecular formula is C22H22N4O5S. The van der Waals surface area contributed by atoms with Gasteiger partial charge in [-0.25, -0.2) is 4.68 Å². The molecule has 32 heavy (non-hydrogen) atoms. The molecule has 0 aliphatic heterocycles. The first kappa shape index (κ1) is 21.8. The molecule has 1 aliphatic rings. The maximum absolute atomic E-state index is 11.7. The molecular weight excluding hydrogens is 432 g/mol. The number of non-ortho nitro benzene ring substituents is 1. The standard InChI is InChI=1S/C22H22N4O5S/c1-31-17-7-5-6-15(12-17)22-21(32-18-8-3-2-4-9-18)14-24(23-22)19-11-10-16(25(27)28)13-20(19)26(29)30/h5-7,10-14,18H,2-4,8-9H2,1H3. The highest BCUT2D eigenvalue weighted by atomic mass is 32.2. The van der Waals surface area contributed by atoms with E-state index in [0.29, 0.717) is 16.7 Å². The molecule has 1 aromatic heterocycles. The molecule has 4 rings (SSSR count). The Labute approximate surface area is 188 Å². The van der Waals surface area contributed by atoms with Gasteiger partial charge in [-0.2, -0.15) is 5.10 Å². The number of hydrogen-bond donors (Lipinski definition) is 0. The third kappa shape index (κ3) is 4.59. The summed E-state index contributed by atoms with van der Waals surface area (Å²) in [5.74, 6) is 0.687. The van der Waals surface area contributed by atoms with Crippen LogP contribution in [0.5, 0.6) is 5.75 Å². The SMILES string of the molecule is COc1cccc(-c2nn(-c3ccc([N+](=O)[O-])cc3[N+](=O)[O-])cc2SC2CCCCC2)c1. The summed E-state index contributed by atoms with van der Waals surface area (Å²) in [7, 11) is 1.59. The van der Waals surface area contributed by atoms with Crippen molar-refractivity contribution in [3.63, 3.8) is 0 Å². The second-order valence-electron chi connectivity index (χ2n) is 7.58. The van der Waals surface area contributed by atoms with Crippen molar-refractivity contribution in [2.75, 3.05) is 7.11 Å². The molecule has 1 heterocycles. The van der Waals surface area contributed by atoms with E-state index in [1.807, 2.05) is 24.3 Å². The summed E-state index contributed by atoms with van der Waals surface area (Å²) >= 11 is 1.74. The van der Waals surface area contributed by atoms with E-state index in [1.54, 1.807) is 25.1 Å². The van der Waals surface area contributed by atoms with Gasteiger partial charge in [0.1, 0.15) is 17.1 Å². The minimum absolute atomic E-state index is 0.181. The summed E-state index contributed by atoms with van der Waals surface area (Å²) in [6.07, 6.45) is 7.63. The van der Waals surface area contributed by atoms with Crippen molar-refractivity contribution in [2.24, 2.45) is 0 Å². The lowest BCUT2D eigenvalue weighted by molar-refractivity contribution is -0.394. The van der Waals surface area contributed by atoms with E-state index >= 15 is 0 Å². The average molecular weight is 455 g/mol. The van der Waals surface area contributed by atoms with Gasteiger partial charge < -0.3 is 4.74 Å². The fraction of sp³-hybridized carbons (Fsp3) is 0.318. The predicted octanol–water partition coefficient (Wildman–Crippen LogP) is 5.79. The predicted molar refractivity (Wildman–Crippen MR) is 122 cm³/mol. The van der Waals surface area contributed by atoms with Crippen LogP contribution in [0.4, 0.5) is 11.4 Å². The molecule has 166 valence electrons. The monoisotopic (exact) mass is 454 g/mol. The van der Waals surface area contributed by atoms with Crippen LogP contribution in [-0.2, 0) is 0 Å². The molecule has 3 aromatic rings. The molecule has 0 radical (unpaired) electrons. The molecule has 0 amide bonds. The third-order valence-corrected chi connectivity index (χ3v) is 6.84. The van der Waals surface area contributed by atoms with Gasteiger partial charge >= 0.3 is 5.69 Å². The summed E-state index contributed by atoms with van der Waals surface area (Å²) in [6, 6.07) is 11.1. The Kier molecular flexibility index (Phi) is 6.40. The number of nitro groups is 2. The molecule has 1 fully saturated rings. The highest BCUT2D eigenvalue weighted by Crippen LogP contribution is 2.40. The molecule has 10 heteroatoms. The number of nitro benzene ring substituents is 2. The smallest absolute Gasteiger partial charge is 0.301 e. The minimum Gasteiger partial charge on any atom is -0.497 e. The molecule has 0 bridgehead atoms. The zero-order valence-electron chi connectivity index (χ0n) is 17.5. The summed E-state index contributed by atoms with van der Waals surface area (Å²) < 4.78 is 6.80. The molecule has 0 N–H and O–H groups in total. The number of thioether (sulfide) groups is 1. The van der Waals surface area contributed by atoms with Crippen LogP contribution in [0.3, 0.4) is 0 Å². The maximum atomic E-state index is 11.7. The Bertz CT molecular complexity index is 1160. The van der Waals surface area contributed by atoms with Gasteiger partial charge in [0.05, 0.1) is 27.9 Å². The molecule has 2 aromatic carbocycles. The Morgan fingerprint density at radius 3 is 2.53 bits per heavy atom. The fourth-order valence-corrected chi connectivity index (χ4v) is 5.23. The van der Waals surface area contributed by atoms with Crippen LogP contribution >= 0.6 is 11.8 Å². The van der Waals surface area contributed by atoms with Crippen LogP contribution in [0.25, 0.3) is 16.9 Å². The van der Waals surface area contributed by atoms with Crippen LogP contribution in [0.2, 0.25) is 0 Å². The lowest BCUT2D eigenvalue weighted by Crippen LogP contribution is -2.07. The van der Waals surface area contributed by atoms with Gasteiger partial charge in [-0.05, 0) is 31.0 Å². The first-order chi connectivity index (χ1) is 15.5. The molecule has 0 unspecified atom stereocenters. The van der Waals surface area contributed by atoms with Crippen LogP contribution in [0.1, 0.15) is 32.1 Å². The zero-order valence-corrected chi connectivity index (χ0v) is 18.3. The quantitative estimate of drug-likeness (QED) is 0.328. The fourth-order valence-electron chi connectivity index (χ4n) is 3.87. The highest BCUT2D eigenvalue weighted by molar-refractivity contribution is 8.00. The Morgan fingerprint density at radius 2 is 1.84 bits per heavy atom. The van der Waals surface area contributed by atoms with Crippen LogP contribution in [-0.4, -0.2) is 32.0 Å². The molecule has 0 spiro atoms. The van der Waals surface area contributed by atoms with Gasteiger partial charge in [-0.1, -0.05) is 31.4 Å². The lowest BCUT2D eigenvalue weighted by atomic mass is 10.0. The largest absolute Gasteiger partial charge is 0.497 e.